The van der Waals surface area contributed by atoms with Gasteiger partial charge < -0.3 is 10.1 Å². The van der Waals surface area contributed by atoms with E-state index in [2.05, 4.69) is 5.32 Å². The van der Waals surface area contributed by atoms with Gasteiger partial charge in [-0.05, 0) is 36.5 Å². The summed E-state index contributed by atoms with van der Waals surface area (Å²) < 4.78 is 19.0. The molecule has 0 aliphatic carbocycles. The van der Waals surface area contributed by atoms with Crippen molar-refractivity contribution in [2.75, 3.05) is 20.3 Å². The molecule has 1 aliphatic heterocycles. The first-order valence-corrected chi connectivity index (χ1v) is 5.79. The minimum atomic E-state index is -0.458. The number of benzene rings is 1. The van der Waals surface area contributed by atoms with Gasteiger partial charge in [0, 0.05) is 20.3 Å². The third kappa shape index (κ3) is 2.82. The maximum atomic E-state index is 13.7. The van der Waals surface area contributed by atoms with Crippen molar-refractivity contribution in [3.05, 3.63) is 35.1 Å². The van der Waals surface area contributed by atoms with Crippen LogP contribution in [0, 0.1) is 11.7 Å². The molecule has 17 heavy (non-hydrogen) atoms. The number of ether oxygens (including phenoxy) is 1. The summed E-state index contributed by atoms with van der Waals surface area (Å²) in [5, 5.41) is 2.42. The zero-order valence-electron chi connectivity index (χ0n) is 9.83. The third-order valence-electron chi connectivity index (χ3n) is 3.05. The smallest absolute Gasteiger partial charge is 0.253 e. The Morgan fingerprint density at radius 3 is 3.00 bits per heavy atom. The lowest BCUT2D eigenvalue weighted by molar-refractivity contribution is 0.0959. The zero-order chi connectivity index (χ0) is 12.3. The molecule has 1 aliphatic rings. The van der Waals surface area contributed by atoms with Gasteiger partial charge in [-0.25, -0.2) is 4.39 Å². The second kappa shape index (κ2) is 5.27. The fourth-order valence-electron chi connectivity index (χ4n) is 2.08. The summed E-state index contributed by atoms with van der Waals surface area (Å²) >= 11 is 0. The van der Waals surface area contributed by atoms with Crippen LogP contribution in [0.2, 0.25) is 0 Å². The van der Waals surface area contributed by atoms with E-state index in [0.29, 0.717) is 5.92 Å². The van der Waals surface area contributed by atoms with Crippen LogP contribution in [-0.4, -0.2) is 26.2 Å². The molecular weight excluding hydrogens is 221 g/mol. The van der Waals surface area contributed by atoms with Gasteiger partial charge in [0.25, 0.3) is 5.91 Å². The maximum absolute atomic E-state index is 13.7. The first-order chi connectivity index (χ1) is 8.20. The normalized spacial score (nSPS) is 19.3. The van der Waals surface area contributed by atoms with Crippen molar-refractivity contribution in [3.8, 4) is 0 Å². The molecule has 1 unspecified atom stereocenters. The van der Waals surface area contributed by atoms with Gasteiger partial charge in [0.2, 0.25) is 0 Å². The van der Waals surface area contributed by atoms with Crippen LogP contribution in [-0.2, 0) is 11.2 Å². The molecule has 1 aromatic carbocycles. The van der Waals surface area contributed by atoms with Crippen LogP contribution in [0.25, 0.3) is 0 Å². The van der Waals surface area contributed by atoms with Crippen molar-refractivity contribution in [2.45, 2.75) is 12.8 Å². The predicted octanol–water partition coefficient (Wildman–Crippen LogP) is 1.76. The van der Waals surface area contributed by atoms with Gasteiger partial charge in [0.1, 0.15) is 5.82 Å². The van der Waals surface area contributed by atoms with E-state index in [-0.39, 0.29) is 5.56 Å². The van der Waals surface area contributed by atoms with Crippen molar-refractivity contribution in [3.63, 3.8) is 0 Å². The number of hydrogen-bond donors (Lipinski definition) is 1. The molecule has 3 nitrogen and oxygen atoms in total. The highest BCUT2D eigenvalue weighted by Crippen LogP contribution is 2.19. The molecule has 0 radical (unpaired) electrons. The highest BCUT2D eigenvalue weighted by Gasteiger charge is 2.17. The van der Waals surface area contributed by atoms with Crippen LogP contribution in [0.4, 0.5) is 4.39 Å². The third-order valence-corrected chi connectivity index (χ3v) is 3.05. The molecule has 2 rings (SSSR count). The Kier molecular flexibility index (Phi) is 3.74. The Labute approximate surface area is 100.0 Å². The summed E-state index contributed by atoms with van der Waals surface area (Å²) in [5.41, 5.74) is 1.02. The molecule has 0 saturated carbocycles. The van der Waals surface area contributed by atoms with Crippen molar-refractivity contribution >= 4 is 5.91 Å². The van der Waals surface area contributed by atoms with Crippen molar-refractivity contribution in [1.82, 2.24) is 5.32 Å². The van der Waals surface area contributed by atoms with E-state index in [1.165, 1.54) is 13.1 Å². The van der Waals surface area contributed by atoms with Crippen molar-refractivity contribution < 1.29 is 13.9 Å². The summed E-state index contributed by atoms with van der Waals surface area (Å²) in [6, 6.07) is 4.80. The minimum absolute atomic E-state index is 0.0962. The first-order valence-electron chi connectivity index (χ1n) is 5.79. The number of halogens is 1. The Morgan fingerprint density at radius 1 is 1.59 bits per heavy atom. The van der Waals surface area contributed by atoms with E-state index in [4.69, 9.17) is 4.74 Å². The van der Waals surface area contributed by atoms with Gasteiger partial charge in [0.05, 0.1) is 5.56 Å². The zero-order valence-corrected chi connectivity index (χ0v) is 9.83. The quantitative estimate of drug-likeness (QED) is 0.870. The Morgan fingerprint density at radius 2 is 2.41 bits per heavy atom. The second-order valence-electron chi connectivity index (χ2n) is 4.33. The van der Waals surface area contributed by atoms with Gasteiger partial charge in [-0.15, -0.1) is 0 Å². The first kappa shape index (κ1) is 12.0. The van der Waals surface area contributed by atoms with Crippen LogP contribution in [0.3, 0.4) is 0 Å². The highest BCUT2D eigenvalue weighted by atomic mass is 19.1. The Balaban J connectivity index is 2.10. The second-order valence-corrected chi connectivity index (χ2v) is 4.33. The lowest BCUT2D eigenvalue weighted by Crippen LogP contribution is -2.19. The highest BCUT2D eigenvalue weighted by molar-refractivity contribution is 5.94. The monoisotopic (exact) mass is 237 g/mol. The van der Waals surface area contributed by atoms with Crippen LogP contribution in [0.1, 0.15) is 22.3 Å². The predicted molar refractivity (Wildman–Crippen MR) is 62.4 cm³/mol. The summed E-state index contributed by atoms with van der Waals surface area (Å²) in [6.45, 7) is 1.54. The van der Waals surface area contributed by atoms with Gasteiger partial charge >= 0.3 is 0 Å². The SMILES string of the molecule is CNC(=O)c1ccc(CC2CCOC2)cc1F. The van der Waals surface area contributed by atoms with Gasteiger partial charge in [-0.2, -0.15) is 0 Å². The van der Waals surface area contributed by atoms with Crippen molar-refractivity contribution in [2.24, 2.45) is 5.92 Å². The number of hydrogen-bond acceptors (Lipinski definition) is 2. The number of nitrogens with one attached hydrogen (secondary N) is 1. The molecule has 0 spiro atoms. The van der Waals surface area contributed by atoms with E-state index in [0.717, 1.165) is 31.6 Å². The molecule has 1 atom stereocenters. The Bertz CT molecular complexity index is 414. The fraction of sp³-hybridized carbons (Fsp3) is 0.462. The summed E-state index contributed by atoms with van der Waals surface area (Å²) in [4.78, 5) is 11.3. The topological polar surface area (TPSA) is 38.3 Å². The largest absolute Gasteiger partial charge is 0.381 e. The van der Waals surface area contributed by atoms with E-state index in [1.807, 2.05) is 6.07 Å². The number of rotatable bonds is 3. The lowest BCUT2D eigenvalue weighted by Gasteiger charge is -2.09. The molecular formula is C13H16FNO2. The van der Waals surface area contributed by atoms with E-state index < -0.39 is 11.7 Å². The lowest BCUT2D eigenvalue weighted by atomic mass is 9.97. The summed E-state index contributed by atoms with van der Waals surface area (Å²) in [7, 11) is 1.49. The molecule has 1 fully saturated rings. The van der Waals surface area contributed by atoms with Crippen LogP contribution in [0.15, 0.2) is 18.2 Å². The minimum Gasteiger partial charge on any atom is -0.381 e. The fourth-order valence-corrected chi connectivity index (χ4v) is 2.08. The molecule has 1 N–H and O–H groups in total. The molecule has 4 heteroatoms. The van der Waals surface area contributed by atoms with Gasteiger partial charge in [-0.3, -0.25) is 4.79 Å². The van der Waals surface area contributed by atoms with Crippen LogP contribution >= 0.6 is 0 Å². The number of carbonyl (C=O) groups is 1. The van der Waals surface area contributed by atoms with E-state index in [1.54, 1.807) is 6.07 Å². The van der Waals surface area contributed by atoms with Gasteiger partial charge in [-0.1, -0.05) is 6.07 Å². The number of amides is 1. The van der Waals surface area contributed by atoms with Crippen LogP contribution in [0.5, 0.6) is 0 Å². The van der Waals surface area contributed by atoms with Crippen molar-refractivity contribution in [1.29, 1.82) is 0 Å². The molecule has 1 saturated heterocycles. The van der Waals surface area contributed by atoms with E-state index in [9.17, 15) is 9.18 Å². The van der Waals surface area contributed by atoms with Crippen LogP contribution < -0.4 is 5.32 Å². The number of carbonyl (C=O) groups excluding carboxylic acids is 1. The average Bonchev–Trinajstić information content (AvgIpc) is 2.81. The standard InChI is InChI=1S/C13H16FNO2/c1-15-13(16)11-3-2-9(7-12(11)14)6-10-4-5-17-8-10/h2-3,7,10H,4-6,8H2,1H3,(H,15,16). The van der Waals surface area contributed by atoms with E-state index >= 15 is 0 Å². The molecule has 0 bridgehead atoms. The summed E-state index contributed by atoms with van der Waals surface area (Å²) in [6.07, 6.45) is 1.84. The van der Waals surface area contributed by atoms with Gasteiger partial charge in [0.15, 0.2) is 0 Å². The summed E-state index contributed by atoms with van der Waals surface area (Å²) in [5.74, 6) is -0.376. The average molecular weight is 237 g/mol. The Hall–Kier alpha value is -1.42. The maximum Gasteiger partial charge on any atom is 0.253 e. The molecule has 1 heterocycles. The molecule has 92 valence electrons. The molecule has 1 aromatic rings. The molecule has 0 aromatic heterocycles. The molecule has 1 amide bonds.